The number of methoxy groups -OCH3 is 1. The van der Waals surface area contributed by atoms with Gasteiger partial charge >= 0.3 is 0 Å². The van der Waals surface area contributed by atoms with Gasteiger partial charge in [-0.1, -0.05) is 11.3 Å². The van der Waals surface area contributed by atoms with Crippen LogP contribution in [-0.4, -0.2) is 23.0 Å². The summed E-state index contributed by atoms with van der Waals surface area (Å²) in [5.74, 6) is 0.593. The molecule has 0 aliphatic carbocycles. The number of anilines is 1. The SMILES string of the molecule is COc1ccc2nc(NC(=O)c3sc(-c4ccsc4)nc3C)sc2c1. The number of aromatic nitrogens is 2. The highest BCUT2D eigenvalue weighted by Gasteiger charge is 2.18. The maximum absolute atomic E-state index is 12.6. The molecule has 8 heteroatoms. The van der Waals surface area contributed by atoms with Gasteiger partial charge in [0.2, 0.25) is 0 Å². The quantitative estimate of drug-likeness (QED) is 0.532. The number of nitrogens with zero attached hydrogens (tertiary/aromatic N) is 2. The van der Waals surface area contributed by atoms with Gasteiger partial charge in [0.1, 0.15) is 15.6 Å². The van der Waals surface area contributed by atoms with E-state index < -0.39 is 0 Å². The monoisotopic (exact) mass is 387 g/mol. The highest BCUT2D eigenvalue weighted by atomic mass is 32.1. The van der Waals surface area contributed by atoms with Gasteiger partial charge in [-0.15, -0.1) is 11.3 Å². The molecule has 25 heavy (non-hydrogen) atoms. The Morgan fingerprint density at radius 1 is 1.20 bits per heavy atom. The van der Waals surface area contributed by atoms with Gasteiger partial charge in [-0.05, 0) is 36.6 Å². The number of aryl methyl sites for hydroxylation is 1. The molecule has 0 unspecified atom stereocenters. The molecule has 0 fully saturated rings. The summed E-state index contributed by atoms with van der Waals surface area (Å²) >= 11 is 4.43. The molecule has 5 nitrogen and oxygen atoms in total. The predicted octanol–water partition coefficient (Wildman–Crippen LogP) is 5.05. The summed E-state index contributed by atoms with van der Waals surface area (Å²) in [6.07, 6.45) is 0. The Bertz CT molecular complexity index is 1050. The number of amides is 1. The van der Waals surface area contributed by atoms with Crippen LogP contribution in [-0.2, 0) is 0 Å². The van der Waals surface area contributed by atoms with Crippen molar-refractivity contribution < 1.29 is 9.53 Å². The van der Waals surface area contributed by atoms with Gasteiger partial charge < -0.3 is 4.74 Å². The molecule has 0 saturated heterocycles. The van der Waals surface area contributed by atoms with Gasteiger partial charge in [-0.2, -0.15) is 11.3 Å². The third kappa shape index (κ3) is 3.15. The lowest BCUT2D eigenvalue weighted by Crippen LogP contribution is -2.11. The van der Waals surface area contributed by atoms with Crippen LogP contribution in [0.3, 0.4) is 0 Å². The lowest BCUT2D eigenvalue weighted by molar-refractivity contribution is 0.103. The van der Waals surface area contributed by atoms with Crippen molar-refractivity contribution in [3.8, 4) is 16.3 Å². The Morgan fingerprint density at radius 3 is 2.84 bits per heavy atom. The average molecular weight is 388 g/mol. The van der Waals surface area contributed by atoms with Gasteiger partial charge in [-0.3, -0.25) is 10.1 Å². The Kier molecular flexibility index (Phi) is 4.24. The number of nitrogens with one attached hydrogen (secondary N) is 1. The number of carbonyl (C=O) groups excluding carboxylic acids is 1. The standard InChI is InChI=1S/C17H13N3O2S3/c1-9-14(25-16(18-9)10-5-6-23-8-10)15(21)20-17-19-12-4-3-11(22-2)7-13(12)24-17/h3-8H,1-2H3,(H,19,20,21). The molecule has 0 radical (unpaired) electrons. The van der Waals surface area contributed by atoms with Gasteiger partial charge in [0, 0.05) is 10.9 Å². The smallest absolute Gasteiger partial charge is 0.269 e. The first-order chi connectivity index (χ1) is 12.1. The largest absolute Gasteiger partial charge is 0.497 e. The van der Waals surface area contributed by atoms with Crippen LogP contribution in [0.4, 0.5) is 5.13 Å². The van der Waals surface area contributed by atoms with Crippen LogP contribution in [0.2, 0.25) is 0 Å². The zero-order valence-corrected chi connectivity index (χ0v) is 15.8. The third-order valence-electron chi connectivity index (χ3n) is 3.59. The van der Waals surface area contributed by atoms with Crippen molar-refractivity contribution in [2.45, 2.75) is 6.92 Å². The number of thiophene rings is 1. The first kappa shape index (κ1) is 16.2. The predicted molar refractivity (Wildman–Crippen MR) is 104 cm³/mol. The highest BCUT2D eigenvalue weighted by Crippen LogP contribution is 2.32. The molecule has 1 amide bonds. The zero-order valence-electron chi connectivity index (χ0n) is 13.4. The number of carbonyl (C=O) groups is 1. The summed E-state index contributed by atoms with van der Waals surface area (Å²) in [6.45, 7) is 1.85. The minimum Gasteiger partial charge on any atom is -0.497 e. The number of hydrogen-bond donors (Lipinski definition) is 1. The summed E-state index contributed by atoms with van der Waals surface area (Å²) in [5, 5.41) is 8.34. The Labute approximate surface area is 156 Å². The summed E-state index contributed by atoms with van der Waals surface area (Å²) in [7, 11) is 1.63. The van der Waals surface area contributed by atoms with E-state index in [-0.39, 0.29) is 5.91 Å². The summed E-state index contributed by atoms with van der Waals surface area (Å²) in [5.41, 5.74) is 2.61. The van der Waals surface area contributed by atoms with E-state index in [9.17, 15) is 4.79 Å². The average Bonchev–Trinajstić information content (AvgIpc) is 3.32. The van der Waals surface area contributed by atoms with Crippen molar-refractivity contribution in [2.24, 2.45) is 0 Å². The van der Waals surface area contributed by atoms with Crippen LogP contribution in [0.5, 0.6) is 5.75 Å². The van der Waals surface area contributed by atoms with Crippen molar-refractivity contribution in [1.29, 1.82) is 0 Å². The number of rotatable bonds is 4. The lowest BCUT2D eigenvalue weighted by atomic mass is 10.3. The molecule has 0 aliphatic heterocycles. The van der Waals surface area contributed by atoms with E-state index in [4.69, 9.17) is 4.74 Å². The van der Waals surface area contributed by atoms with E-state index in [1.54, 1.807) is 18.4 Å². The fraction of sp³-hybridized carbons (Fsp3) is 0.118. The van der Waals surface area contributed by atoms with E-state index in [2.05, 4.69) is 15.3 Å². The second-order valence-corrected chi connectivity index (χ2v) is 8.06. The van der Waals surface area contributed by atoms with Crippen LogP contribution in [0.1, 0.15) is 15.4 Å². The molecule has 126 valence electrons. The number of ether oxygens (including phenoxy) is 1. The topological polar surface area (TPSA) is 64.1 Å². The van der Waals surface area contributed by atoms with Crippen LogP contribution in [0, 0.1) is 6.92 Å². The maximum Gasteiger partial charge on any atom is 0.269 e. The van der Waals surface area contributed by atoms with E-state index in [1.807, 2.05) is 41.9 Å². The molecule has 0 aliphatic rings. The fourth-order valence-electron chi connectivity index (χ4n) is 2.36. The Morgan fingerprint density at radius 2 is 2.08 bits per heavy atom. The molecule has 4 aromatic rings. The number of hydrogen-bond acceptors (Lipinski definition) is 7. The number of fused-ring (bicyclic) bond motifs is 1. The normalized spacial score (nSPS) is 11.0. The van der Waals surface area contributed by atoms with Crippen LogP contribution >= 0.6 is 34.0 Å². The van der Waals surface area contributed by atoms with E-state index in [0.29, 0.717) is 10.0 Å². The van der Waals surface area contributed by atoms with Gasteiger partial charge in [0.05, 0.1) is 23.0 Å². The fourth-order valence-corrected chi connectivity index (χ4v) is 4.92. The Balaban J connectivity index is 1.60. The minimum atomic E-state index is -0.178. The molecule has 0 saturated carbocycles. The van der Waals surface area contributed by atoms with Crippen LogP contribution in [0.25, 0.3) is 20.8 Å². The first-order valence-corrected chi connectivity index (χ1v) is 9.97. The first-order valence-electron chi connectivity index (χ1n) is 7.40. The van der Waals surface area contributed by atoms with Crippen molar-refractivity contribution in [3.63, 3.8) is 0 Å². The molecular weight excluding hydrogens is 374 g/mol. The van der Waals surface area contributed by atoms with Gasteiger partial charge in [0.25, 0.3) is 5.91 Å². The molecule has 4 rings (SSSR count). The van der Waals surface area contributed by atoms with Crippen molar-refractivity contribution in [3.05, 3.63) is 45.6 Å². The highest BCUT2D eigenvalue weighted by molar-refractivity contribution is 7.22. The molecule has 0 bridgehead atoms. The van der Waals surface area contributed by atoms with Crippen molar-refractivity contribution >= 4 is 55.3 Å². The molecule has 0 atom stereocenters. The maximum atomic E-state index is 12.6. The lowest BCUT2D eigenvalue weighted by Gasteiger charge is -1.98. The second-order valence-electron chi connectivity index (χ2n) is 5.25. The number of thiazole rings is 2. The van der Waals surface area contributed by atoms with Gasteiger partial charge in [0.15, 0.2) is 5.13 Å². The van der Waals surface area contributed by atoms with E-state index in [0.717, 1.165) is 32.2 Å². The summed E-state index contributed by atoms with van der Waals surface area (Å²) < 4.78 is 6.19. The summed E-state index contributed by atoms with van der Waals surface area (Å²) in [6, 6.07) is 7.65. The third-order valence-corrected chi connectivity index (χ3v) is 6.41. The van der Waals surface area contributed by atoms with E-state index >= 15 is 0 Å². The Hall–Kier alpha value is -2.29. The molecule has 0 spiro atoms. The van der Waals surface area contributed by atoms with Crippen molar-refractivity contribution in [1.82, 2.24) is 9.97 Å². The summed E-state index contributed by atoms with van der Waals surface area (Å²) in [4.78, 5) is 22.2. The van der Waals surface area contributed by atoms with Gasteiger partial charge in [-0.25, -0.2) is 9.97 Å². The van der Waals surface area contributed by atoms with Crippen LogP contribution < -0.4 is 10.1 Å². The molecule has 3 heterocycles. The zero-order chi connectivity index (χ0) is 17.4. The molecule has 1 N–H and O–H groups in total. The second kappa shape index (κ2) is 6.55. The minimum absolute atomic E-state index is 0.178. The molecule has 1 aromatic carbocycles. The van der Waals surface area contributed by atoms with Crippen molar-refractivity contribution in [2.75, 3.05) is 12.4 Å². The molecular formula is C17H13N3O2S3. The van der Waals surface area contributed by atoms with Crippen LogP contribution in [0.15, 0.2) is 35.0 Å². The van der Waals surface area contributed by atoms with E-state index in [1.165, 1.54) is 22.7 Å². The number of benzene rings is 1. The molecule has 3 aromatic heterocycles.